The van der Waals surface area contributed by atoms with Crippen LogP contribution in [0.25, 0.3) is 5.57 Å². The molecular weight excluding hydrogens is 398 g/mol. The standard InChI is InChI=1S/C20H22F6N2O/c1-4-27-9-8-12(2)10-16(29)14-11-17(20(24,25)26)28(3)18-13(14)6-5-7-15(18)19(21,22)23/h4-9,11-12,16-17,29H,10H2,1-3H3/b9-8-,27-4?. The van der Waals surface area contributed by atoms with Crippen molar-refractivity contribution in [2.24, 2.45) is 10.9 Å². The van der Waals surface area contributed by atoms with Crippen molar-refractivity contribution < 1.29 is 31.4 Å². The molecule has 3 unspecified atom stereocenters. The Balaban J connectivity index is 2.54. The second kappa shape index (κ2) is 8.61. The number of hydrogen-bond acceptors (Lipinski definition) is 3. The van der Waals surface area contributed by atoms with E-state index in [1.54, 1.807) is 26.1 Å². The molecule has 0 spiro atoms. The van der Waals surface area contributed by atoms with Crippen LogP contribution < -0.4 is 4.90 Å². The van der Waals surface area contributed by atoms with Crippen LogP contribution in [0.5, 0.6) is 0 Å². The molecule has 0 aliphatic carbocycles. The van der Waals surface area contributed by atoms with Gasteiger partial charge in [0.15, 0.2) is 0 Å². The maximum Gasteiger partial charge on any atom is 0.418 e. The van der Waals surface area contributed by atoms with E-state index in [1.807, 2.05) is 0 Å². The summed E-state index contributed by atoms with van der Waals surface area (Å²) in [7, 11) is 0.972. The lowest BCUT2D eigenvalue weighted by Crippen LogP contribution is -2.46. The van der Waals surface area contributed by atoms with Gasteiger partial charge < -0.3 is 10.0 Å². The van der Waals surface area contributed by atoms with Gasteiger partial charge in [0.1, 0.15) is 6.04 Å². The van der Waals surface area contributed by atoms with Gasteiger partial charge in [-0.2, -0.15) is 26.3 Å². The molecule has 3 nitrogen and oxygen atoms in total. The van der Waals surface area contributed by atoms with Crippen molar-refractivity contribution >= 4 is 17.5 Å². The number of fused-ring (bicyclic) bond motifs is 1. The van der Waals surface area contributed by atoms with Crippen LogP contribution >= 0.6 is 0 Å². The minimum atomic E-state index is -4.84. The maximum absolute atomic E-state index is 13.5. The number of para-hydroxylation sites is 1. The maximum atomic E-state index is 13.5. The third kappa shape index (κ3) is 5.20. The van der Waals surface area contributed by atoms with E-state index >= 15 is 0 Å². The van der Waals surface area contributed by atoms with Crippen molar-refractivity contribution in [3.05, 3.63) is 47.7 Å². The third-order valence-electron chi connectivity index (χ3n) is 4.70. The summed E-state index contributed by atoms with van der Waals surface area (Å²) in [6.07, 6.45) is -5.49. The number of allylic oxidation sites excluding steroid dienone is 1. The second-order valence-corrected chi connectivity index (χ2v) is 6.90. The Bertz CT molecular complexity index is 810. The first-order valence-electron chi connectivity index (χ1n) is 8.92. The summed E-state index contributed by atoms with van der Waals surface area (Å²) in [5.74, 6) is -0.257. The number of benzene rings is 1. The number of aliphatic imine (C=N–C) groups is 1. The van der Waals surface area contributed by atoms with Gasteiger partial charge >= 0.3 is 12.4 Å². The Kier molecular flexibility index (Phi) is 6.82. The molecule has 0 aromatic heterocycles. The van der Waals surface area contributed by atoms with E-state index in [9.17, 15) is 31.4 Å². The zero-order valence-electron chi connectivity index (χ0n) is 16.1. The molecule has 0 bridgehead atoms. The van der Waals surface area contributed by atoms with E-state index < -0.39 is 35.7 Å². The van der Waals surface area contributed by atoms with Crippen LogP contribution in [0, 0.1) is 5.92 Å². The van der Waals surface area contributed by atoms with Crippen LogP contribution in [-0.2, 0) is 6.18 Å². The summed E-state index contributed by atoms with van der Waals surface area (Å²) >= 11 is 0. The fraction of sp³-hybridized carbons (Fsp3) is 0.450. The summed E-state index contributed by atoms with van der Waals surface area (Å²) in [6, 6.07) is 0.888. The fourth-order valence-electron chi connectivity index (χ4n) is 3.34. The van der Waals surface area contributed by atoms with Crippen molar-refractivity contribution in [2.45, 2.75) is 44.8 Å². The molecule has 3 atom stereocenters. The molecule has 0 radical (unpaired) electrons. The van der Waals surface area contributed by atoms with Gasteiger partial charge in [-0.1, -0.05) is 25.1 Å². The summed E-state index contributed by atoms with van der Waals surface area (Å²) in [5, 5.41) is 10.6. The van der Waals surface area contributed by atoms with E-state index in [0.717, 1.165) is 25.3 Å². The number of hydrogen-bond donors (Lipinski definition) is 1. The Hall–Kier alpha value is -2.29. The monoisotopic (exact) mass is 420 g/mol. The molecule has 1 heterocycles. The smallest absolute Gasteiger partial charge is 0.388 e. The minimum absolute atomic E-state index is 0.0333. The molecule has 160 valence electrons. The van der Waals surface area contributed by atoms with Gasteiger partial charge in [-0.15, -0.1) is 0 Å². The van der Waals surface area contributed by atoms with Crippen LogP contribution in [0.3, 0.4) is 0 Å². The Morgan fingerprint density at radius 2 is 1.86 bits per heavy atom. The number of nitrogens with zero attached hydrogens (tertiary/aromatic N) is 2. The van der Waals surface area contributed by atoms with E-state index in [0.29, 0.717) is 4.90 Å². The molecule has 1 aliphatic heterocycles. The van der Waals surface area contributed by atoms with Gasteiger partial charge in [-0.05, 0) is 37.0 Å². The molecule has 0 amide bonds. The van der Waals surface area contributed by atoms with E-state index in [4.69, 9.17) is 0 Å². The van der Waals surface area contributed by atoms with Crippen molar-refractivity contribution in [3.8, 4) is 0 Å². The van der Waals surface area contributed by atoms with Gasteiger partial charge in [-0.25, -0.2) is 0 Å². The van der Waals surface area contributed by atoms with Crippen molar-refractivity contribution in [3.63, 3.8) is 0 Å². The Morgan fingerprint density at radius 1 is 1.21 bits per heavy atom. The topological polar surface area (TPSA) is 35.8 Å². The first-order chi connectivity index (χ1) is 13.4. The lowest BCUT2D eigenvalue weighted by molar-refractivity contribution is -0.142. The lowest BCUT2D eigenvalue weighted by atomic mass is 9.86. The van der Waals surface area contributed by atoms with Crippen molar-refractivity contribution in [1.82, 2.24) is 0 Å². The van der Waals surface area contributed by atoms with Crippen molar-refractivity contribution in [1.29, 1.82) is 0 Å². The average Bonchev–Trinajstić information content (AvgIpc) is 2.59. The number of alkyl halides is 6. The SMILES string of the molecule is CC=N/C=C\C(C)CC(O)C1=CC(C(F)(F)F)N(C)c2c1cccc2C(F)(F)F. The molecule has 0 saturated carbocycles. The quantitative estimate of drug-likeness (QED) is 0.507. The average molecular weight is 420 g/mol. The lowest BCUT2D eigenvalue weighted by Gasteiger charge is -2.38. The number of rotatable bonds is 5. The molecular formula is C20H22F6N2O. The highest BCUT2D eigenvalue weighted by Crippen LogP contribution is 2.46. The largest absolute Gasteiger partial charge is 0.418 e. The van der Waals surface area contributed by atoms with Gasteiger partial charge in [0.05, 0.1) is 17.4 Å². The Labute approximate surface area is 165 Å². The molecule has 9 heteroatoms. The zero-order valence-corrected chi connectivity index (χ0v) is 16.1. The molecule has 1 N–H and O–H groups in total. The van der Waals surface area contributed by atoms with Crippen LogP contribution in [0.4, 0.5) is 32.0 Å². The molecule has 0 fully saturated rings. The van der Waals surface area contributed by atoms with Crippen LogP contribution in [0.15, 0.2) is 41.5 Å². The zero-order chi connectivity index (χ0) is 22.0. The first kappa shape index (κ1) is 23.0. The highest BCUT2D eigenvalue weighted by Gasteiger charge is 2.47. The minimum Gasteiger partial charge on any atom is -0.388 e. The Morgan fingerprint density at radius 3 is 2.41 bits per heavy atom. The van der Waals surface area contributed by atoms with E-state index in [2.05, 4.69) is 4.99 Å². The molecule has 1 aliphatic rings. The predicted molar refractivity (Wildman–Crippen MR) is 101 cm³/mol. The molecule has 0 saturated heterocycles. The van der Waals surface area contributed by atoms with Gasteiger partial charge in [0, 0.05) is 25.0 Å². The number of aliphatic hydroxyl groups is 1. The van der Waals surface area contributed by atoms with E-state index in [1.165, 1.54) is 12.3 Å². The number of halogens is 6. The summed E-state index contributed by atoms with van der Waals surface area (Å²) in [4.78, 5) is 4.44. The molecule has 1 aromatic rings. The first-order valence-corrected chi connectivity index (χ1v) is 8.92. The summed E-state index contributed by atoms with van der Waals surface area (Å²) in [5.41, 5.74) is -1.98. The predicted octanol–water partition coefficient (Wildman–Crippen LogP) is 5.46. The van der Waals surface area contributed by atoms with Crippen LogP contribution in [-0.4, -0.2) is 36.7 Å². The number of aliphatic hydroxyl groups excluding tert-OH is 1. The van der Waals surface area contributed by atoms with Crippen LogP contribution in [0.1, 0.15) is 31.4 Å². The molecule has 2 rings (SSSR count). The molecule has 1 aromatic carbocycles. The highest BCUT2D eigenvalue weighted by molar-refractivity contribution is 5.85. The third-order valence-corrected chi connectivity index (χ3v) is 4.70. The normalized spacial score (nSPS) is 20.1. The second-order valence-electron chi connectivity index (χ2n) is 6.90. The van der Waals surface area contributed by atoms with E-state index in [-0.39, 0.29) is 23.5 Å². The number of anilines is 1. The van der Waals surface area contributed by atoms with Crippen LogP contribution in [0.2, 0.25) is 0 Å². The fourth-order valence-corrected chi connectivity index (χ4v) is 3.34. The number of likely N-dealkylation sites (N-methyl/N-ethyl adjacent to an activating group) is 1. The molecule has 29 heavy (non-hydrogen) atoms. The van der Waals surface area contributed by atoms with Gasteiger partial charge in [0.25, 0.3) is 0 Å². The van der Waals surface area contributed by atoms with Gasteiger partial charge in [0.2, 0.25) is 0 Å². The highest BCUT2D eigenvalue weighted by atomic mass is 19.4. The summed E-state index contributed by atoms with van der Waals surface area (Å²) in [6.45, 7) is 3.44. The van der Waals surface area contributed by atoms with Crippen molar-refractivity contribution in [2.75, 3.05) is 11.9 Å². The van der Waals surface area contributed by atoms with Gasteiger partial charge in [-0.3, -0.25) is 4.99 Å². The summed E-state index contributed by atoms with van der Waals surface area (Å²) < 4.78 is 81.0.